The summed E-state index contributed by atoms with van der Waals surface area (Å²) in [4.78, 5) is 24.9. The molecule has 2 aromatic rings. The topological polar surface area (TPSA) is 96.7 Å². The Kier molecular flexibility index (Phi) is 6.33. The first-order valence-electron chi connectivity index (χ1n) is 8.85. The van der Waals surface area contributed by atoms with Crippen LogP contribution in [0.2, 0.25) is 5.02 Å². The third kappa shape index (κ3) is 4.90. The number of carbonyl (C=O) groups excluding carboxylic acids is 1. The second-order valence-electron chi connectivity index (χ2n) is 6.42. The van der Waals surface area contributed by atoms with Crippen molar-refractivity contribution in [2.75, 3.05) is 48.4 Å². The van der Waals surface area contributed by atoms with Gasteiger partial charge >= 0.3 is 0 Å². The van der Waals surface area contributed by atoms with Gasteiger partial charge in [0.2, 0.25) is 5.91 Å². The minimum Gasteiger partial charge on any atom is -0.378 e. The molecule has 2 aromatic carbocycles. The fourth-order valence-corrected chi connectivity index (χ4v) is 3.17. The third-order valence-electron chi connectivity index (χ3n) is 4.44. The van der Waals surface area contributed by atoms with Gasteiger partial charge < -0.3 is 20.3 Å². The summed E-state index contributed by atoms with van der Waals surface area (Å²) in [5.41, 5.74) is 2.89. The first-order valence-corrected chi connectivity index (χ1v) is 9.23. The summed E-state index contributed by atoms with van der Waals surface area (Å²) in [7, 11) is 0. The summed E-state index contributed by atoms with van der Waals surface area (Å²) >= 11 is 6.12. The van der Waals surface area contributed by atoms with Crippen LogP contribution >= 0.6 is 11.6 Å². The van der Waals surface area contributed by atoms with Crippen LogP contribution in [-0.4, -0.2) is 43.7 Å². The molecule has 0 spiro atoms. The normalized spacial score (nSPS) is 13.9. The third-order valence-corrected chi connectivity index (χ3v) is 4.68. The molecular weight excluding hydrogens is 384 g/mol. The van der Waals surface area contributed by atoms with Gasteiger partial charge in [-0.25, -0.2) is 0 Å². The van der Waals surface area contributed by atoms with E-state index < -0.39 is 4.92 Å². The Labute approximate surface area is 167 Å². The van der Waals surface area contributed by atoms with Crippen molar-refractivity contribution < 1.29 is 14.5 Å². The Morgan fingerprint density at radius 1 is 1.21 bits per heavy atom. The van der Waals surface area contributed by atoms with Crippen LogP contribution in [-0.2, 0) is 9.53 Å². The molecule has 1 aliphatic heterocycles. The van der Waals surface area contributed by atoms with Crippen molar-refractivity contribution in [2.24, 2.45) is 0 Å². The van der Waals surface area contributed by atoms with E-state index in [2.05, 4.69) is 15.5 Å². The number of hydrogen-bond acceptors (Lipinski definition) is 6. The number of morpholine rings is 1. The summed E-state index contributed by atoms with van der Waals surface area (Å²) in [6.45, 7) is 4.59. The lowest BCUT2D eigenvalue weighted by molar-refractivity contribution is -0.384. The maximum absolute atomic E-state index is 12.4. The van der Waals surface area contributed by atoms with E-state index in [1.165, 1.54) is 18.2 Å². The number of non-ortho nitro benzene ring substituents is 1. The molecule has 1 amide bonds. The minimum absolute atomic E-state index is 0.0114. The number of halogens is 1. The van der Waals surface area contributed by atoms with Crippen molar-refractivity contribution >= 4 is 40.3 Å². The van der Waals surface area contributed by atoms with Crippen molar-refractivity contribution in [1.82, 2.24) is 0 Å². The van der Waals surface area contributed by atoms with Gasteiger partial charge in [0.05, 0.1) is 36.1 Å². The number of nitrogens with zero attached hydrogens (tertiary/aromatic N) is 2. The molecular formula is C19H21ClN4O4. The summed E-state index contributed by atoms with van der Waals surface area (Å²) < 4.78 is 5.39. The van der Waals surface area contributed by atoms with Gasteiger partial charge in [0.1, 0.15) is 0 Å². The van der Waals surface area contributed by atoms with E-state index in [9.17, 15) is 14.9 Å². The van der Waals surface area contributed by atoms with Gasteiger partial charge in [0.15, 0.2) is 0 Å². The number of benzene rings is 2. The average Bonchev–Trinajstić information content (AvgIpc) is 2.68. The molecule has 0 atom stereocenters. The van der Waals surface area contributed by atoms with E-state index in [1.807, 2.05) is 12.1 Å². The lowest BCUT2D eigenvalue weighted by Gasteiger charge is -2.30. The van der Waals surface area contributed by atoms with E-state index in [0.717, 1.165) is 24.5 Å². The number of nitro groups is 1. The first-order chi connectivity index (χ1) is 13.4. The lowest BCUT2D eigenvalue weighted by atomic mass is 10.2. The number of anilines is 3. The molecule has 0 unspecified atom stereocenters. The molecule has 1 heterocycles. The smallest absolute Gasteiger partial charge is 0.269 e. The molecule has 28 heavy (non-hydrogen) atoms. The van der Waals surface area contributed by atoms with Gasteiger partial charge in [-0.2, -0.15) is 0 Å². The van der Waals surface area contributed by atoms with Crippen molar-refractivity contribution in [3.8, 4) is 0 Å². The van der Waals surface area contributed by atoms with Crippen molar-refractivity contribution in [3.63, 3.8) is 0 Å². The Hall–Kier alpha value is -2.84. The van der Waals surface area contributed by atoms with Crippen molar-refractivity contribution in [1.29, 1.82) is 0 Å². The van der Waals surface area contributed by atoms with E-state index >= 15 is 0 Å². The summed E-state index contributed by atoms with van der Waals surface area (Å²) in [5.74, 6) is -0.259. The molecule has 9 heteroatoms. The average molecular weight is 405 g/mol. The molecule has 2 N–H and O–H groups in total. The minimum atomic E-state index is -0.466. The molecule has 0 bridgehead atoms. The van der Waals surface area contributed by atoms with Crippen molar-refractivity contribution in [3.05, 3.63) is 57.1 Å². The highest BCUT2D eigenvalue weighted by atomic mass is 35.5. The van der Waals surface area contributed by atoms with Gasteiger partial charge in [-0.1, -0.05) is 11.6 Å². The molecule has 3 rings (SSSR count). The van der Waals surface area contributed by atoms with E-state index in [-0.39, 0.29) is 18.1 Å². The number of nitro benzene ring substituents is 1. The lowest BCUT2D eigenvalue weighted by Crippen LogP contribution is -2.36. The van der Waals surface area contributed by atoms with E-state index in [0.29, 0.717) is 29.5 Å². The molecule has 148 valence electrons. The van der Waals surface area contributed by atoms with Crippen LogP contribution in [0.4, 0.5) is 22.7 Å². The maximum atomic E-state index is 12.4. The number of ether oxygens (including phenoxy) is 1. The quantitative estimate of drug-likeness (QED) is 0.565. The van der Waals surface area contributed by atoms with E-state index in [1.54, 1.807) is 13.0 Å². The predicted octanol–water partition coefficient (Wildman–Crippen LogP) is 3.44. The number of hydrogen-bond donors (Lipinski definition) is 2. The van der Waals surface area contributed by atoms with Gasteiger partial charge in [0, 0.05) is 35.9 Å². The molecule has 0 aromatic heterocycles. The van der Waals surface area contributed by atoms with Gasteiger partial charge in [-0.3, -0.25) is 14.9 Å². The Bertz CT molecular complexity index is 884. The number of amides is 1. The molecule has 1 aliphatic rings. The van der Waals surface area contributed by atoms with Gasteiger partial charge in [0.25, 0.3) is 5.69 Å². The van der Waals surface area contributed by atoms with Crippen LogP contribution in [0.5, 0.6) is 0 Å². The Morgan fingerprint density at radius 2 is 1.96 bits per heavy atom. The van der Waals surface area contributed by atoms with Crippen LogP contribution in [0.25, 0.3) is 0 Å². The summed E-state index contributed by atoms with van der Waals surface area (Å²) in [5, 5.41) is 17.3. The van der Waals surface area contributed by atoms with Gasteiger partial charge in [-0.05, 0) is 36.8 Å². The maximum Gasteiger partial charge on any atom is 0.269 e. The predicted molar refractivity (Wildman–Crippen MR) is 109 cm³/mol. The fraction of sp³-hybridized carbons (Fsp3) is 0.316. The second kappa shape index (κ2) is 8.90. The zero-order valence-electron chi connectivity index (χ0n) is 15.4. The van der Waals surface area contributed by atoms with Crippen molar-refractivity contribution in [2.45, 2.75) is 6.92 Å². The number of aryl methyl sites for hydroxylation is 1. The van der Waals surface area contributed by atoms with Crippen LogP contribution < -0.4 is 15.5 Å². The van der Waals surface area contributed by atoms with Crippen LogP contribution in [0, 0.1) is 17.0 Å². The van der Waals surface area contributed by atoms with Crippen LogP contribution in [0.15, 0.2) is 36.4 Å². The molecule has 1 saturated heterocycles. The largest absolute Gasteiger partial charge is 0.378 e. The zero-order chi connectivity index (χ0) is 20.1. The number of nitrogens with one attached hydrogen (secondary N) is 2. The molecule has 8 nitrogen and oxygen atoms in total. The molecule has 1 fully saturated rings. The van der Waals surface area contributed by atoms with Crippen LogP contribution in [0.1, 0.15) is 5.56 Å². The molecule has 0 saturated carbocycles. The second-order valence-corrected chi connectivity index (χ2v) is 6.86. The molecule has 0 aliphatic carbocycles. The zero-order valence-corrected chi connectivity index (χ0v) is 16.2. The highest BCUT2D eigenvalue weighted by Crippen LogP contribution is 2.30. The SMILES string of the molecule is Cc1cc([N+](=O)[O-])ccc1NC(=O)CNc1cc(Cl)ccc1N1CCOCC1. The first kappa shape index (κ1) is 19.9. The molecule has 0 radical (unpaired) electrons. The Balaban J connectivity index is 1.66. The fourth-order valence-electron chi connectivity index (χ4n) is 3.00. The van der Waals surface area contributed by atoms with E-state index in [4.69, 9.17) is 16.3 Å². The highest BCUT2D eigenvalue weighted by Gasteiger charge is 2.16. The monoisotopic (exact) mass is 404 g/mol. The Morgan fingerprint density at radius 3 is 2.64 bits per heavy atom. The summed E-state index contributed by atoms with van der Waals surface area (Å²) in [6.07, 6.45) is 0. The number of rotatable bonds is 6. The van der Waals surface area contributed by atoms with Gasteiger partial charge in [-0.15, -0.1) is 0 Å². The number of carbonyl (C=O) groups is 1. The highest BCUT2D eigenvalue weighted by molar-refractivity contribution is 6.31. The van der Waals surface area contributed by atoms with Crippen LogP contribution in [0.3, 0.4) is 0 Å². The standard InChI is InChI=1S/C19H21ClN4O4/c1-13-10-15(24(26)27)3-4-16(13)22-19(25)12-21-17-11-14(20)2-5-18(17)23-6-8-28-9-7-23/h2-5,10-11,21H,6-9,12H2,1H3,(H,22,25). The summed E-state index contributed by atoms with van der Waals surface area (Å²) in [6, 6.07) is 9.85.